The molecule has 2 unspecified atom stereocenters. The Kier molecular flexibility index (Phi) is 13.2. The topological polar surface area (TPSA) is 219 Å². The van der Waals surface area contributed by atoms with Gasteiger partial charge in [0.1, 0.15) is 30.9 Å². The van der Waals surface area contributed by atoms with Gasteiger partial charge in [-0.15, -0.1) is 0 Å². The number of amides is 3. The molecule has 0 bridgehead atoms. The van der Waals surface area contributed by atoms with Crippen LogP contribution in [-0.2, 0) is 47.8 Å². The van der Waals surface area contributed by atoms with Gasteiger partial charge in [-0.25, -0.2) is 4.79 Å². The number of imide groups is 1. The summed E-state index contributed by atoms with van der Waals surface area (Å²) in [6.07, 6.45) is 1.92. The van der Waals surface area contributed by atoms with Crippen LogP contribution in [0.15, 0.2) is 46.9 Å². The van der Waals surface area contributed by atoms with Crippen molar-refractivity contribution in [2.45, 2.75) is 57.3 Å². The first-order valence-electron chi connectivity index (χ1n) is 16.4. The number of ketones is 2. The normalized spacial score (nSPS) is 22.5. The second-order valence-electron chi connectivity index (χ2n) is 12.9. The Balaban J connectivity index is 0.00000144. The fourth-order valence-corrected chi connectivity index (χ4v) is 6.82. The minimum atomic E-state index is -1.99. The maximum Gasteiger partial charge on any atom is 0.355 e. The SMILES string of the molecule is CO.COC.COCC(=O)C1=C(C(=O)OC)NC2=C(c3cccc(OC)c3N(C(=O)CN3C(=O)CCC3=O)C2(C)C)C12NC(C(C)=O)=CC(C)(C=O)N2. The molecule has 1 aromatic carbocycles. The fourth-order valence-electron chi connectivity index (χ4n) is 6.82. The van der Waals surface area contributed by atoms with E-state index < -0.39 is 65.1 Å². The summed E-state index contributed by atoms with van der Waals surface area (Å²) in [4.78, 5) is 95.1. The average Bonchev–Trinajstić information content (AvgIpc) is 3.43. The van der Waals surface area contributed by atoms with Gasteiger partial charge in [-0.2, -0.15) is 0 Å². The molecule has 288 valence electrons. The number of rotatable bonds is 9. The monoisotopic (exact) mass is 741 g/mol. The number of hydrogen-bond donors (Lipinski definition) is 4. The molecule has 2 atom stereocenters. The molecule has 3 amide bonds. The van der Waals surface area contributed by atoms with Crippen molar-refractivity contribution in [3.05, 3.63) is 52.5 Å². The summed E-state index contributed by atoms with van der Waals surface area (Å²) in [5.74, 6) is -3.52. The van der Waals surface area contributed by atoms with Gasteiger partial charge in [0.15, 0.2) is 17.2 Å². The Bertz CT molecular complexity index is 1780. The third-order valence-electron chi connectivity index (χ3n) is 8.87. The molecule has 0 radical (unpaired) electrons. The van der Waals surface area contributed by atoms with Crippen molar-refractivity contribution in [1.29, 1.82) is 0 Å². The van der Waals surface area contributed by atoms with Crippen LogP contribution in [0.3, 0.4) is 0 Å². The molecule has 1 saturated heterocycles. The molecule has 4 heterocycles. The van der Waals surface area contributed by atoms with E-state index >= 15 is 0 Å². The number of allylic oxidation sites excluding steroid dienone is 1. The van der Waals surface area contributed by atoms with E-state index in [4.69, 9.17) is 19.3 Å². The van der Waals surface area contributed by atoms with Gasteiger partial charge in [-0.3, -0.25) is 39.1 Å². The van der Waals surface area contributed by atoms with E-state index in [0.717, 1.165) is 19.1 Å². The van der Waals surface area contributed by atoms with Gasteiger partial charge >= 0.3 is 5.97 Å². The first-order valence-corrected chi connectivity index (χ1v) is 16.4. The van der Waals surface area contributed by atoms with E-state index in [1.165, 1.54) is 39.0 Å². The number of carbonyl (C=O) groups excluding carboxylic acids is 7. The van der Waals surface area contributed by atoms with Crippen molar-refractivity contribution < 1.29 is 57.6 Å². The van der Waals surface area contributed by atoms with E-state index in [1.807, 2.05) is 0 Å². The van der Waals surface area contributed by atoms with Gasteiger partial charge in [0.2, 0.25) is 17.7 Å². The zero-order valence-electron chi connectivity index (χ0n) is 31.5. The Morgan fingerprint density at radius 1 is 0.981 bits per heavy atom. The highest BCUT2D eigenvalue weighted by atomic mass is 16.5. The minimum absolute atomic E-state index is 0.0147. The lowest BCUT2D eigenvalue weighted by atomic mass is 9.70. The predicted molar refractivity (Wildman–Crippen MR) is 190 cm³/mol. The number of benzene rings is 1. The van der Waals surface area contributed by atoms with Gasteiger partial charge in [-0.05, 0) is 32.9 Å². The van der Waals surface area contributed by atoms with Crippen LogP contribution >= 0.6 is 0 Å². The summed E-state index contributed by atoms with van der Waals surface area (Å²) in [6, 6.07) is 4.90. The molecule has 0 aliphatic carbocycles. The van der Waals surface area contributed by atoms with Crippen LogP contribution in [0.4, 0.5) is 5.69 Å². The number of ether oxygens (including phenoxy) is 4. The van der Waals surface area contributed by atoms with E-state index in [9.17, 15) is 33.6 Å². The Morgan fingerprint density at radius 2 is 1.58 bits per heavy atom. The average molecular weight is 742 g/mol. The zero-order chi connectivity index (χ0) is 40.1. The molecule has 17 nitrogen and oxygen atoms in total. The molecule has 17 heteroatoms. The maximum atomic E-state index is 14.3. The summed E-state index contributed by atoms with van der Waals surface area (Å²) >= 11 is 0. The third-order valence-corrected chi connectivity index (χ3v) is 8.87. The van der Waals surface area contributed by atoms with E-state index in [2.05, 4.69) is 20.7 Å². The van der Waals surface area contributed by atoms with Gasteiger partial charge in [0.25, 0.3) is 0 Å². The molecule has 4 aliphatic rings. The minimum Gasteiger partial charge on any atom is -0.495 e. The number of carbonyl (C=O) groups is 7. The number of nitrogens with one attached hydrogen (secondary N) is 3. The van der Waals surface area contributed by atoms with Crippen LogP contribution in [0, 0.1) is 0 Å². The molecule has 1 spiro atoms. The number of aldehydes is 1. The largest absolute Gasteiger partial charge is 0.495 e. The summed E-state index contributed by atoms with van der Waals surface area (Å²) in [5, 5.41) is 16.4. The Labute approximate surface area is 307 Å². The first kappa shape index (κ1) is 42.2. The molecule has 0 aromatic heterocycles. The molecule has 4 N–H and O–H groups in total. The van der Waals surface area contributed by atoms with Crippen LogP contribution in [0.2, 0.25) is 0 Å². The number of likely N-dealkylation sites (tertiary alicyclic amines) is 1. The zero-order valence-corrected chi connectivity index (χ0v) is 31.5. The summed E-state index contributed by atoms with van der Waals surface area (Å²) < 4.78 is 20.3. The van der Waals surface area contributed by atoms with Crippen LogP contribution in [0.5, 0.6) is 5.75 Å². The second kappa shape index (κ2) is 16.6. The number of aliphatic hydroxyl groups excluding tert-OH is 1. The highest BCUT2D eigenvalue weighted by molar-refractivity contribution is 6.15. The van der Waals surface area contributed by atoms with Gasteiger partial charge in [0.05, 0.1) is 42.3 Å². The van der Waals surface area contributed by atoms with Gasteiger partial charge < -0.3 is 39.5 Å². The van der Waals surface area contributed by atoms with Gasteiger partial charge in [0, 0.05) is 65.0 Å². The molecule has 0 saturated carbocycles. The number of aliphatic hydroxyl groups is 1. The lowest BCUT2D eigenvalue weighted by molar-refractivity contribution is -0.142. The summed E-state index contributed by atoms with van der Waals surface area (Å²) in [5.41, 5.74) is -4.66. The van der Waals surface area contributed by atoms with Crippen molar-refractivity contribution >= 4 is 52.8 Å². The lowest BCUT2D eigenvalue weighted by Gasteiger charge is -2.56. The smallest absolute Gasteiger partial charge is 0.355 e. The number of nitrogens with zero attached hydrogens (tertiary/aromatic N) is 2. The van der Waals surface area contributed by atoms with Crippen molar-refractivity contribution in [2.24, 2.45) is 0 Å². The quantitative estimate of drug-likeness (QED) is 0.150. The number of methoxy groups -OCH3 is 4. The number of anilines is 1. The second-order valence-corrected chi connectivity index (χ2v) is 12.9. The fraction of sp³-hybridized carbons (Fsp3) is 0.472. The molecule has 4 aliphatic heterocycles. The first-order chi connectivity index (χ1) is 25.0. The molecular weight excluding hydrogens is 694 g/mol. The molecular formula is C36H47N5O12. The highest BCUT2D eigenvalue weighted by Crippen LogP contribution is 2.54. The van der Waals surface area contributed by atoms with Crippen molar-refractivity contribution in [3.63, 3.8) is 0 Å². The Hall–Kier alpha value is -5.23. The van der Waals surface area contributed by atoms with Crippen molar-refractivity contribution in [2.75, 3.05) is 60.7 Å². The maximum absolute atomic E-state index is 14.3. The molecule has 53 heavy (non-hydrogen) atoms. The third kappa shape index (κ3) is 7.50. The lowest BCUT2D eigenvalue weighted by Crippen LogP contribution is -2.73. The van der Waals surface area contributed by atoms with Crippen molar-refractivity contribution in [3.8, 4) is 5.75 Å². The van der Waals surface area contributed by atoms with Gasteiger partial charge in [-0.1, -0.05) is 12.1 Å². The molecule has 1 fully saturated rings. The van der Waals surface area contributed by atoms with Crippen molar-refractivity contribution in [1.82, 2.24) is 20.9 Å². The van der Waals surface area contributed by atoms with Crippen LogP contribution in [-0.4, -0.2) is 124 Å². The summed E-state index contributed by atoms with van der Waals surface area (Å²) in [7, 11) is 8.07. The van der Waals surface area contributed by atoms with Crippen LogP contribution in [0.1, 0.15) is 46.1 Å². The van der Waals surface area contributed by atoms with E-state index in [0.29, 0.717) is 11.8 Å². The van der Waals surface area contributed by atoms with E-state index in [1.54, 1.807) is 46.3 Å². The van der Waals surface area contributed by atoms with Crippen LogP contribution < -0.4 is 25.6 Å². The molecule has 1 aromatic rings. The standard InChI is InChI=1S/C33H37N5O10.C2H6O.CH4O/c1-17(40)19-13-32(4,16-39)36-33(35-19)25-18-9-8-10-21(47-6)28(18)38(24(44)14-37-22(42)11-12-23(37)43)31(2,3)29(25)34-27(30(45)48-7)26(33)20(41)15-46-5;1-3-2;1-2/h8-10,13,16,34-36H,11-12,14-15H2,1-7H3;1-2H3;2H,1H3. The number of fused-ring (bicyclic) bond motifs is 3. The predicted octanol–water partition coefficient (Wildman–Crippen LogP) is 0.117. The number of para-hydroxylation sites is 1. The van der Waals surface area contributed by atoms with Crippen LogP contribution in [0.25, 0.3) is 5.57 Å². The highest BCUT2D eigenvalue weighted by Gasteiger charge is 2.59. The molecule has 5 rings (SSSR count). The number of dihydropyridines is 1. The Morgan fingerprint density at radius 3 is 2.09 bits per heavy atom. The van der Waals surface area contributed by atoms with E-state index in [-0.39, 0.29) is 52.5 Å². The number of Topliss-reactive ketones (excluding diaryl/α,β-unsaturated/α-hetero) is 2. The number of esters is 1. The summed E-state index contributed by atoms with van der Waals surface area (Å²) in [6.45, 7) is 5.03. The number of hydrogen-bond acceptors (Lipinski definition) is 15.